The van der Waals surface area contributed by atoms with Crippen molar-refractivity contribution in [3.05, 3.63) is 30.0 Å². The van der Waals surface area contributed by atoms with Gasteiger partial charge in [-0.3, -0.25) is 4.68 Å². The zero-order valence-corrected chi connectivity index (χ0v) is 11.3. The van der Waals surface area contributed by atoms with Crippen LogP contribution >= 0.6 is 0 Å². The largest absolute Gasteiger partial charge is 0.381 e. The van der Waals surface area contributed by atoms with Crippen molar-refractivity contribution in [1.82, 2.24) is 24.5 Å². The summed E-state index contributed by atoms with van der Waals surface area (Å²) in [6, 6.07) is 1.63. The molecule has 0 radical (unpaired) electrons. The first-order valence-electron chi connectivity index (χ1n) is 5.45. The van der Waals surface area contributed by atoms with Crippen LogP contribution in [0.1, 0.15) is 11.4 Å². The summed E-state index contributed by atoms with van der Waals surface area (Å²) < 4.78 is 28.2. The first-order valence-corrected chi connectivity index (χ1v) is 6.94. The lowest BCUT2D eigenvalue weighted by atomic mass is 10.4. The van der Waals surface area contributed by atoms with Crippen molar-refractivity contribution >= 4 is 15.8 Å². The summed E-state index contributed by atoms with van der Waals surface area (Å²) in [5, 5.41) is 3.88. The topological polar surface area (TPSA) is 116 Å². The number of nitrogens with one attached hydrogen (secondary N) is 1. The SMILES string of the molecule is Cc1c(S(=O)(=O)NCc2ccncn2)c(N)nn1C. The molecule has 0 aliphatic carbocycles. The summed E-state index contributed by atoms with van der Waals surface area (Å²) in [6.45, 7) is 1.71. The van der Waals surface area contributed by atoms with E-state index in [2.05, 4.69) is 19.8 Å². The molecule has 102 valence electrons. The van der Waals surface area contributed by atoms with Gasteiger partial charge in [-0.25, -0.2) is 23.1 Å². The first-order chi connectivity index (χ1) is 8.92. The number of aromatic nitrogens is 4. The Hall–Kier alpha value is -2.00. The van der Waals surface area contributed by atoms with E-state index >= 15 is 0 Å². The van der Waals surface area contributed by atoms with Crippen molar-refractivity contribution < 1.29 is 8.42 Å². The van der Waals surface area contributed by atoms with Gasteiger partial charge in [0.2, 0.25) is 10.0 Å². The maximum atomic E-state index is 12.2. The van der Waals surface area contributed by atoms with Crippen molar-refractivity contribution in [3.8, 4) is 0 Å². The minimum absolute atomic E-state index is 0.00376. The molecule has 9 heteroatoms. The van der Waals surface area contributed by atoms with Crippen LogP contribution in [0.4, 0.5) is 5.82 Å². The van der Waals surface area contributed by atoms with E-state index in [-0.39, 0.29) is 17.3 Å². The highest BCUT2D eigenvalue weighted by Gasteiger charge is 2.24. The molecule has 0 amide bonds. The standard InChI is InChI=1S/C10H14N6O2S/c1-7-9(10(11)15-16(7)2)19(17,18)14-5-8-3-4-12-6-13-8/h3-4,6,14H,5H2,1-2H3,(H2,11,15). The molecule has 0 saturated heterocycles. The number of anilines is 1. The summed E-state index contributed by atoms with van der Waals surface area (Å²) in [5.41, 5.74) is 6.67. The van der Waals surface area contributed by atoms with Crippen LogP contribution in [0.2, 0.25) is 0 Å². The van der Waals surface area contributed by atoms with Crippen molar-refractivity contribution in [2.75, 3.05) is 5.73 Å². The Kier molecular flexibility index (Phi) is 3.49. The molecule has 0 atom stereocenters. The lowest BCUT2D eigenvalue weighted by Crippen LogP contribution is -2.25. The van der Waals surface area contributed by atoms with Gasteiger partial charge in [-0.15, -0.1) is 0 Å². The van der Waals surface area contributed by atoms with Crippen LogP contribution in [0, 0.1) is 6.92 Å². The van der Waals surface area contributed by atoms with Crippen LogP contribution in [0.3, 0.4) is 0 Å². The predicted molar refractivity (Wildman–Crippen MR) is 68.4 cm³/mol. The highest BCUT2D eigenvalue weighted by atomic mass is 32.2. The Labute approximate surface area is 110 Å². The van der Waals surface area contributed by atoms with Gasteiger partial charge in [0.1, 0.15) is 11.2 Å². The first kappa shape index (κ1) is 13.4. The molecule has 8 nitrogen and oxygen atoms in total. The van der Waals surface area contributed by atoms with E-state index in [1.54, 1.807) is 26.2 Å². The molecule has 0 saturated carbocycles. The third-order valence-electron chi connectivity index (χ3n) is 2.66. The van der Waals surface area contributed by atoms with Crippen LogP contribution < -0.4 is 10.5 Å². The van der Waals surface area contributed by atoms with Crippen LogP contribution in [0.25, 0.3) is 0 Å². The molecule has 0 unspecified atom stereocenters. The molecule has 0 aromatic carbocycles. The maximum Gasteiger partial charge on any atom is 0.246 e. The molecular formula is C10H14N6O2S. The summed E-state index contributed by atoms with van der Waals surface area (Å²) in [6.07, 6.45) is 2.90. The summed E-state index contributed by atoms with van der Waals surface area (Å²) in [7, 11) is -2.08. The minimum atomic E-state index is -3.72. The molecule has 0 aliphatic rings. The number of hydrogen-bond acceptors (Lipinski definition) is 6. The van der Waals surface area contributed by atoms with Gasteiger partial charge in [0.25, 0.3) is 0 Å². The van der Waals surface area contributed by atoms with Gasteiger partial charge in [0, 0.05) is 13.2 Å². The van der Waals surface area contributed by atoms with E-state index in [0.717, 1.165) is 0 Å². The van der Waals surface area contributed by atoms with E-state index in [1.807, 2.05) is 0 Å². The number of rotatable bonds is 4. The van der Waals surface area contributed by atoms with Crippen molar-refractivity contribution in [2.45, 2.75) is 18.4 Å². The van der Waals surface area contributed by atoms with E-state index in [4.69, 9.17) is 5.73 Å². The number of aryl methyl sites for hydroxylation is 1. The van der Waals surface area contributed by atoms with E-state index in [0.29, 0.717) is 11.4 Å². The quantitative estimate of drug-likeness (QED) is 0.786. The van der Waals surface area contributed by atoms with Gasteiger partial charge in [-0.05, 0) is 13.0 Å². The third-order valence-corrected chi connectivity index (χ3v) is 4.23. The van der Waals surface area contributed by atoms with Crippen LogP contribution in [-0.4, -0.2) is 28.2 Å². The average Bonchev–Trinajstić information content (AvgIpc) is 2.63. The second kappa shape index (κ2) is 4.94. The fourth-order valence-corrected chi connectivity index (χ4v) is 2.93. The zero-order chi connectivity index (χ0) is 14.0. The second-order valence-electron chi connectivity index (χ2n) is 3.95. The number of nitrogens with zero attached hydrogens (tertiary/aromatic N) is 4. The van der Waals surface area contributed by atoms with E-state index in [1.165, 1.54) is 11.0 Å². The fourth-order valence-electron chi connectivity index (χ4n) is 1.61. The van der Waals surface area contributed by atoms with Gasteiger partial charge in [-0.2, -0.15) is 5.10 Å². The summed E-state index contributed by atoms with van der Waals surface area (Å²) in [5.74, 6) is -0.0183. The molecule has 0 bridgehead atoms. The molecule has 19 heavy (non-hydrogen) atoms. The van der Waals surface area contributed by atoms with Crippen molar-refractivity contribution in [3.63, 3.8) is 0 Å². The van der Waals surface area contributed by atoms with Crippen molar-refractivity contribution in [1.29, 1.82) is 0 Å². The highest BCUT2D eigenvalue weighted by Crippen LogP contribution is 2.20. The van der Waals surface area contributed by atoms with Crippen LogP contribution in [0.5, 0.6) is 0 Å². The van der Waals surface area contributed by atoms with E-state index in [9.17, 15) is 8.42 Å². The molecule has 3 N–H and O–H groups in total. The smallest absolute Gasteiger partial charge is 0.246 e. The molecule has 0 spiro atoms. The molecular weight excluding hydrogens is 268 g/mol. The molecule has 0 aliphatic heterocycles. The average molecular weight is 282 g/mol. The monoisotopic (exact) mass is 282 g/mol. The highest BCUT2D eigenvalue weighted by molar-refractivity contribution is 7.89. The van der Waals surface area contributed by atoms with Crippen LogP contribution in [-0.2, 0) is 23.6 Å². The number of hydrogen-bond donors (Lipinski definition) is 2. The third kappa shape index (κ3) is 2.71. The molecule has 2 aromatic heterocycles. The maximum absolute atomic E-state index is 12.2. The zero-order valence-electron chi connectivity index (χ0n) is 10.5. The Balaban J connectivity index is 2.24. The fraction of sp³-hybridized carbons (Fsp3) is 0.300. The second-order valence-corrected chi connectivity index (χ2v) is 5.65. The predicted octanol–water partition coefficient (Wildman–Crippen LogP) is -0.421. The number of nitrogen functional groups attached to an aromatic ring is 1. The normalized spacial score (nSPS) is 11.7. The van der Waals surface area contributed by atoms with E-state index < -0.39 is 10.0 Å². The Morgan fingerprint density at radius 3 is 2.74 bits per heavy atom. The molecule has 0 fully saturated rings. The molecule has 2 heterocycles. The number of nitrogens with two attached hydrogens (primary N) is 1. The molecule has 2 rings (SSSR count). The van der Waals surface area contributed by atoms with Gasteiger partial charge in [0.05, 0.1) is 17.9 Å². The summed E-state index contributed by atoms with van der Waals surface area (Å²) in [4.78, 5) is 7.70. The minimum Gasteiger partial charge on any atom is -0.381 e. The Bertz CT molecular complexity index is 680. The Morgan fingerprint density at radius 1 is 1.47 bits per heavy atom. The van der Waals surface area contributed by atoms with Gasteiger partial charge < -0.3 is 5.73 Å². The lowest BCUT2D eigenvalue weighted by molar-refractivity contribution is 0.579. The lowest BCUT2D eigenvalue weighted by Gasteiger charge is -2.06. The van der Waals surface area contributed by atoms with Crippen LogP contribution in [0.15, 0.2) is 23.5 Å². The Morgan fingerprint density at radius 2 is 2.21 bits per heavy atom. The molecule has 2 aromatic rings. The van der Waals surface area contributed by atoms with Gasteiger partial charge in [0.15, 0.2) is 5.82 Å². The van der Waals surface area contributed by atoms with Gasteiger partial charge in [-0.1, -0.05) is 0 Å². The number of sulfonamides is 1. The van der Waals surface area contributed by atoms with Crippen molar-refractivity contribution in [2.24, 2.45) is 7.05 Å². The van der Waals surface area contributed by atoms with Gasteiger partial charge >= 0.3 is 0 Å². The summed E-state index contributed by atoms with van der Waals surface area (Å²) >= 11 is 0.